The Kier molecular flexibility index (Phi) is 55.0. The lowest BCUT2D eigenvalue weighted by atomic mass is 9.81. The number of allylic oxidation sites excluding steroid dienone is 8. The molecule has 32 heavy (non-hydrogen) atoms. The molecule has 0 N–H and O–H groups in total. The largest absolute Gasteiger partial charge is 0.106 e. The second-order valence-corrected chi connectivity index (χ2v) is 7.86. The monoisotopic (exact) mass is 449 g/mol. The zero-order valence-corrected chi connectivity index (χ0v) is 25.0. The Balaban J connectivity index is -0.0000000869. The summed E-state index contributed by atoms with van der Waals surface area (Å²) in [4.78, 5) is 0. The van der Waals surface area contributed by atoms with Crippen molar-refractivity contribution < 1.29 is 0 Å². The van der Waals surface area contributed by atoms with Crippen molar-refractivity contribution in [1.29, 1.82) is 0 Å². The molecule has 192 valence electrons. The minimum atomic E-state index is 0.445. The zero-order chi connectivity index (χ0) is 27.0. The Hall–Kier alpha value is -1.56. The van der Waals surface area contributed by atoms with Gasteiger partial charge in [0, 0.05) is 0 Å². The zero-order valence-electron chi connectivity index (χ0n) is 25.0. The summed E-state index contributed by atoms with van der Waals surface area (Å²) < 4.78 is 0. The van der Waals surface area contributed by atoms with Crippen LogP contribution in [0.2, 0.25) is 0 Å². The van der Waals surface area contributed by atoms with Crippen molar-refractivity contribution in [2.24, 2.45) is 5.41 Å². The fourth-order valence-corrected chi connectivity index (χ4v) is 2.68. The van der Waals surface area contributed by atoms with Crippen LogP contribution in [0.5, 0.6) is 0 Å². The van der Waals surface area contributed by atoms with Crippen LogP contribution in [0, 0.1) is 5.41 Å². The van der Waals surface area contributed by atoms with Gasteiger partial charge in [-0.15, -0.1) is 13.2 Å². The molecule has 0 fully saturated rings. The van der Waals surface area contributed by atoms with Crippen LogP contribution >= 0.6 is 0 Å². The molecule has 0 aromatic carbocycles. The highest BCUT2D eigenvalue weighted by atomic mass is 14.2. The molecule has 0 heterocycles. The first kappa shape index (κ1) is 44.2. The summed E-state index contributed by atoms with van der Waals surface area (Å²) in [6, 6.07) is 0. The SMILES string of the molecule is C/C=C\C.C=C.C=C(/C=C(/C)CC(C)(C)CCC)CCCC.C=C(C)/C=C\C.CC.CC. The van der Waals surface area contributed by atoms with Crippen LogP contribution in [0.1, 0.15) is 129 Å². The molecule has 0 radical (unpaired) electrons. The van der Waals surface area contributed by atoms with Gasteiger partial charge in [0.1, 0.15) is 0 Å². The van der Waals surface area contributed by atoms with E-state index in [2.05, 4.69) is 67.0 Å². The van der Waals surface area contributed by atoms with E-state index in [1.54, 1.807) is 0 Å². The Morgan fingerprint density at radius 3 is 1.47 bits per heavy atom. The summed E-state index contributed by atoms with van der Waals surface area (Å²) in [6.45, 7) is 41.2. The molecule has 0 amide bonds. The number of hydrogen-bond acceptors (Lipinski definition) is 0. The molecule has 0 unspecified atom stereocenters. The molecule has 0 aliphatic carbocycles. The fraction of sp³-hybridized carbons (Fsp3) is 0.625. The predicted molar refractivity (Wildman–Crippen MR) is 160 cm³/mol. The Labute approximate surface area is 207 Å². The fourth-order valence-electron chi connectivity index (χ4n) is 2.68. The van der Waals surface area contributed by atoms with Gasteiger partial charge in [0.05, 0.1) is 0 Å². The first-order chi connectivity index (χ1) is 15.1. The highest BCUT2D eigenvalue weighted by Gasteiger charge is 2.16. The Bertz CT molecular complexity index is 437. The van der Waals surface area contributed by atoms with Gasteiger partial charge in [-0.1, -0.05) is 128 Å². The van der Waals surface area contributed by atoms with Crippen LogP contribution in [-0.2, 0) is 0 Å². The Morgan fingerprint density at radius 1 is 0.781 bits per heavy atom. The second kappa shape index (κ2) is 39.9. The van der Waals surface area contributed by atoms with E-state index in [0.717, 1.165) is 12.0 Å². The van der Waals surface area contributed by atoms with Gasteiger partial charge in [-0.3, -0.25) is 0 Å². The standard InChI is InChI=1S/C16H30.C6H10.C4H8.2C2H6.C2H4/c1-7-9-10-14(3)12-15(4)13-16(5,6)11-8-2;1-4-5-6(2)3;1-3-4-2;3*1-2/h12H,3,7-11,13H2,1-2,4-6H3;4-5H,2H2,1,3H3;3-4H,1-2H3;2*1-2H3;1-2H2/b15-12-;5-4-;4-3-;;;. The maximum absolute atomic E-state index is 4.13. The summed E-state index contributed by atoms with van der Waals surface area (Å²) in [5, 5.41) is 0. The van der Waals surface area contributed by atoms with Crippen molar-refractivity contribution in [2.45, 2.75) is 129 Å². The molecule has 0 aromatic rings. The van der Waals surface area contributed by atoms with Gasteiger partial charge in [0.2, 0.25) is 0 Å². The molecule has 0 aliphatic rings. The number of hydrogen-bond donors (Lipinski definition) is 0. The van der Waals surface area contributed by atoms with E-state index >= 15 is 0 Å². The van der Waals surface area contributed by atoms with Crippen molar-refractivity contribution in [3.05, 3.63) is 73.4 Å². The minimum absolute atomic E-state index is 0.445. The average Bonchev–Trinajstić information content (AvgIpc) is 2.76. The van der Waals surface area contributed by atoms with E-state index in [4.69, 9.17) is 0 Å². The van der Waals surface area contributed by atoms with Gasteiger partial charge in [0.15, 0.2) is 0 Å². The smallest absolute Gasteiger partial charge is 0.0268 e. The summed E-state index contributed by atoms with van der Waals surface area (Å²) in [5.41, 5.74) is 4.34. The maximum atomic E-state index is 4.13. The third-order valence-electron chi connectivity index (χ3n) is 3.77. The van der Waals surface area contributed by atoms with Gasteiger partial charge in [-0.05, 0) is 65.7 Å². The molecule has 0 bridgehead atoms. The Morgan fingerprint density at radius 2 is 1.22 bits per heavy atom. The van der Waals surface area contributed by atoms with Gasteiger partial charge >= 0.3 is 0 Å². The van der Waals surface area contributed by atoms with E-state index in [9.17, 15) is 0 Å². The molecule has 0 atom stereocenters. The van der Waals surface area contributed by atoms with Crippen LogP contribution in [0.15, 0.2) is 73.4 Å². The van der Waals surface area contributed by atoms with E-state index < -0.39 is 0 Å². The highest BCUT2D eigenvalue weighted by molar-refractivity contribution is 5.20. The van der Waals surface area contributed by atoms with Gasteiger partial charge in [-0.2, -0.15) is 0 Å². The van der Waals surface area contributed by atoms with E-state index in [-0.39, 0.29) is 0 Å². The van der Waals surface area contributed by atoms with Crippen LogP contribution in [-0.4, -0.2) is 0 Å². The molecular weight excluding hydrogens is 384 g/mol. The van der Waals surface area contributed by atoms with Gasteiger partial charge in [0.25, 0.3) is 0 Å². The molecule has 0 spiro atoms. The van der Waals surface area contributed by atoms with E-state index in [1.165, 1.54) is 43.3 Å². The third-order valence-corrected chi connectivity index (χ3v) is 3.77. The topological polar surface area (TPSA) is 0 Å². The highest BCUT2D eigenvalue weighted by Crippen LogP contribution is 2.30. The van der Waals surface area contributed by atoms with E-state index in [0.29, 0.717) is 5.41 Å². The van der Waals surface area contributed by atoms with Crippen LogP contribution < -0.4 is 0 Å². The average molecular weight is 449 g/mol. The van der Waals surface area contributed by atoms with Crippen LogP contribution in [0.25, 0.3) is 0 Å². The minimum Gasteiger partial charge on any atom is -0.106 e. The lowest BCUT2D eigenvalue weighted by molar-refractivity contribution is 0.328. The van der Waals surface area contributed by atoms with Gasteiger partial charge < -0.3 is 0 Å². The van der Waals surface area contributed by atoms with Crippen molar-refractivity contribution in [3.63, 3.8) is 0 Å². The second-order valence-electron chi connectivity index (χ2n) is 7.86. The van der Waals surface area contributed by atoms with Crippen molar-refractivity contribution in [2.75, 3.05) is 0 Å². The molecule has 0 aromatic heterocycles. The first-order valence-electron chi connectivity index (χ1n) is 12.8. The molecule has 0 nitrogen and oxygen atoms in total. The number of unbranched alkanes of at least 4 members (excludes halogenated alkanes) is 1. The molecule has 0 heteroatoms. The normalized spacial score (nSPS) is 9.97. The predicted octanol–water partition coefficient (Wildman–Crippen LogP) is 12.5. The molecule has 0 rings (SSSR count). The van der Waals surface area contributed by atoms with Crippen LogP contribution in [0.3, 0.4) is 0 Å². The van der Waals surface area contributed by atoms with Crippen molar-refractivity contribution in [1.82, 2.24) is 0 Å². The number of rotatable bonds is 9. The van der Waals surface area contributed by atoms with Crippen LogP contribution in [0.4, 0.5) is 0 Å². The quantitative estimate of drug-likeness (QED) is 0.243. The lowest BCUT2D eigenvalue weighted by Crippen LogP contribution is -2.11. The lowest BCUT2D eigenvalue weighted by Gasteiger charge is -2.24. The molecule has 0 saturated heterocycles. The first-order valence-corrected chi connectivity index (χ1v) is 12.8. The summed E-state index contributed by atoms with van der Waals surface area (Å²) >= 11 is 0. The maximum Gasteiger partial charge on any atom is -0.0268 e. The molecule has 0 saturated carbocycles. The van der Waals surface area contributed by atoms with E-state index in [1.807, 2.05) is 79.7 Å². The summed E-state index contributed by atoms with van der Waals surface area (Å²) in [6.07, 6.45) is 17.7. The summed E-state index contributed by atoms with van der Waals surface area (Å²) in [7, 11) is 0. The molecular formula is C32H64. The molecule has 0 aliphatic heterocycles. The van der Waals surface area contributed by atoms with Gasteiger partial charge in [-0.25, -0.2) is 0 Å². The summed E-state index contributed by atoms with van der Waals surface area (Å²) in [5.74, 6) is 0. The van der Waals surface area contributed by atoms with Crippen molar-refractivity contribution in [3.8, 4) is 0 Å². The third kappa shape index (κ3) is 56.7. The van der Waals surface area contributed by atoms with Crippen molar-refractivity contribution >= 4 is 0 Å².